The van der Waals surface area contributed by atoms with Gasteiger partial charge in [0.15, 0.2) is 0 Å². The molecule has 0 bridgehead atoms. The minimum absolute atomic E-state index is 0.425. The van der Waals surface area contributed by atoms with E-state index < -0.39 is 0 Å². The van der Waals surface area contributed by atoms with Gasteiger partial charge in [-0.15, -0.1) is 0 Å². The second kappa shape index (κ2) is 6.54. The Morgan fingerprint density at radius 1 is 1.39 bits per heavy atom. The molecule has 1 fully saturated rings. The Labute approximate surface area is 108 Å². The van der Waals surface area contributed by atoms with Gasteiger partial charge in [0.05, 0.1) is 6.10 Å². The smallest absolute Gasteiger partial charge is 0.224 e. The van der Waals surface area contributed by atoms with Crippen LogP contribution in [-0.2, 0) is 4.74 Å². The first-order valence-electron chi connectivity index (χ1n) is 6.73. The van der Waals surface area contributed by atoms with Crippen LogP contribution in [0.3, 0.4) is 0 Å². The normalized spacial score (nSPS) is 18.9. The van der Waals surface area contributed by atoms with Crippen molar-refractivity contribution >= 4 is 11.8 Å². The van der Waals surface area contributed by atoms with Gasteiger partial charge in [0, 0.05) is 31.5 Å². The lowest BCUT2D eigenvalue weighted by molar-refractivity contribution is 0.107. The van der Waals surface area contributed by atoms with E-state index in [0.29, 0.717) is 12.1 Å². The molecule has 0 aromatic carbocycles. The minimum Gasteiger partial charge on any atom is -0.378 e. The lowest BCUT2D eigenvalue weighted by Crippen LogP contribution is -2.14. The number of aromatic nitrogens is 2. The zero-order valence-corrected chi connectivity index (χ0v) is 11.2. The first kappa shape index (κ1) is 13.1. The van der Waals surface area contributed by atoms with Gasteiger partial charge in [0.25, 0.3) is 0 Å². The van der Waals surface area contributed by atoms with Crippen molar-refractivity contribution < 1.29 is 4.74 Å². The van der Waals surface area contributed by atoms with E-state index in [0.717, 1.165) is 37.6 Å². The Morgan fingerprint density at radius 3 is 3.00 bits per heavy atom. The van der Waals surface area contributed by atoms with Gasteiger partial charge in [-0.2, -0.15) is 4.98 Å². The SMILES string of the molecule is CCNc1nc(C)cc(NCCC2CCCO2)n1. The van der Waals surface area contributed by atoms with E-state index in [4.69, 9.17) is 4.74 Å². The number of ether oxygens (including phenoxy) is 1. The molecule has 1 unspecified atom stereocenters. The molecule has 18 heavy (non-hydrogen) atoms. The molecular weight excluding hydrogens is 228 g/mol. The predicted molar refractivity (Wildman–Crippen MR) is 73.0 cm³/mol. The van der Waals surface area contributed by atoms with Crippen LogP contribution in [0.15, 0.2) is 6.07 Å². The highest BCUT2D eigenvalue weighted by Crippen LogP contribution is 2.16. The second-order valence-electron chi connectivity index (χ2n) is 4.60. The van der Waals surface area contributed by atoms with Crippen LogP contribution in [0, 0.1) is 6.92 Å². The van der Waals surface area contributed by atoms with Gasteiger partial charge >= 0.3 is 0 Å². The first-order valence-corrected chi connectivity index (χ1v) is 6.73. The van der Waals surface area contributed by atoms with Gasteiger partial charge in [-0.25, -0.2) is 4.98 Å². The maximum absolute atomic E-state index is 5.59. The molecule has 1 atom stereocenters. The highest BCUT2D eigenvalue weighted by Gasteiger charge is 2.14. The number of rotatable bonds is 6. The Hall–Kier alpha value is -1.36. The lowest BCUT2D eigenvalue weighted by Gasteiger charge is -2.11. The maximum Gasteiger partial charge on any atom is 0.224 e. The zero-order valence-electron chi connectivity index (χ0n) is 11.2. The summed E-state index contributed by atoms with van der Waals surface area (Å²) in [5.41, 5.74) is 0.973. The van der Waals surface area contributed by atoms with Crippen LogP contribution >= 0.6 is 0 Å². The molecule has 5 nitrogen and oxygen atoms in total. The van der Waals surface area contributed by atoms with Crippen molar-refractivity contribution in [1.29, 1.82) is 0 Å². The molecule has 0 radical (unpaired) electrons. The quantitative estimate of drug-likeness (QED) is 0.810. The average Bonchev–Trinajstić information content (AvgIpc) is 2.82. The van der Waals surface area contributed by atoms with Gasteiger partial charge < -0.3 is 15.4 Å². The van der Waals surface area contributed by atoms with Gasteiger partial charge in [-0.3, -0.25) is 0 Å². The van der Waals surface area contributed by atoms with E-state index in [1.54, 1.807) is 0 Å². The fraction of sp³-hybridized carbons (Fsp3) is 0.692. The van der Waals surface area contributed by atoms with E-state index >= 15 is 0 Å². The molecule has 0 amide bonds. The van der Waals surface area contributed by atoms with Crippen molar-refractivity contribution in [3.63, 3.8) is 0 Å². The molecule has 1 aliphatic rings. The monoisotopic (exact) mass is 250 g/mol. The van der Waals surface area contributed by atoms with Gasteiger partial charge in [-0.1, -0.05) is 0 Å². The van der Waals surface area contributed by atoms with E-state index in [2.05, 4.69) is 20.6 Å². The van der Waals surface area contributed by atoms with Crippen LogP contribution in [0.2, 0.25) is 0 Å². The third kappa shape index (κ3) is 3.84. The minimum atomic E-state index is 0.425. The Morgan fingerprint density at radius 2 is 2.28 bits per heavy atom. The topological polar surface area (TPSA) is 59.1 Å². The zero-order chi connectivity index (χ0) is 12.8. The summed E-state index contributed by atoms with van der Waals surface area (Å²) in [7, 11) is 0. The number of hydrogen-bond donors (Lipinski definition) is 2. The largest absolute Gasteiger partial charge is 0.378 e. The summed E-state index contributed by atoms with van der Waals surface area (Å²) in [6, 6.07) is 1.97. The maximum atomic E-state index is 5.59. The molecule has 0 aliphatic carbocycles. The summed E-state index contributed by atoms with van der Waals surface area (Å²) in [5, 5.41) is 6.47. The van der Waals surface area contributed by atoms with Gasteiger partial charge in [-0.05, 0) is 33.1 Å². The number of aryl methyl sites for hydroxylation is 1. The molecule has 1 aromatic rings. The molecule has 100 valence electrons. The van der Waals surface area contributed by atoms with E-state index in [1.807, 2.05) is 19.9 Å². The van der Waals surface area contributed by atoms with Crippen molar-refractivity contribution in [3.8, 4) is 0 Å². The van der Waals surface area contributed by atoms with Gasteiger partial charge in [0.1, 0.15) is 5.82 Å². The molecule has 2 heterocycles. The van der Waals surface area contributed by atoms with E-state index in [9.17, 15) is 0 Å². The molecule has 0 saturated carbocycles. The lowest BCUT2D eigenvalue weighted by atomic mass is 10.2. The highest BCUT2D eigenvalue weighted by atomic mass is 16.5. The average molecular weight is 250 g/mol. The summed E-state index contributed by atoms with van der Waals surface area (Å²) in [5.74, 6) is 1.58. The third-order valence-corrected chi connectivity index (χ3v) is 2.99. The molecule has 1 saturated heterocycles. The summed E-state index contributed by atoms with van der Waals surface area (Å²) in [6.45, 7) is 6.66. The Kier molecular flexibility index (Phi) is 4.75. The van der Waals surface area contributed by atoms with E-state index in [-0.39, 0.29) is 0 Å². The van der Waals surface area contributed by atoms with Crippen LogP contribution in [0.1, 0.15) is 31.9 Å². The van der Waals surface area contributed by atoms with Crippen LogP contribution in [0.5, 0.6) is 0 Å². The number of nitrogens with zero attached hydrogens (tertiary/aromatic N) is 2. The number of nitrogens with one attached hydrogen (secondary N) is 2. The summed E-state index contributed by atoms with van der Waals surface area (Å²) >= 11 is 0. The molecule has 0 spiro atoms. The highest BCUT2D eigenvalue weighted by molar-refractivity contribution is 5.41. The van der Waals surface area contributed by atoms with Crippen LogP contribution in [0.4, 0.5) is 11.8 Å². The molecule has 1 aromatic heterocycles. The molecule has 1 aliphatic heterocycles. The fourth-order valence-corrected chi connectivity index (χ4v) is 2.13. The summed E-state index contributed by atoms with van der Waals surface area (Å²) in [4.78, 5) is 8.74. The molecular formula is C13H22N4O. The molecule has 2 rings (SSSR count). The standard InChI is InChI=1S/C13H22N4O/c1-3-14-13-16-10(2)9-12(17-13)15-7-6-11-5-4-8-18-11/h9,11H,3-8H2,1-2H3,(H2,14,15,16,17). The van der Waals surface area contributed by atoms with Crippen molar-refractivity contribution in [3.05, 3.63) is 11.8 Å². The second-order valence-corrected chi connectivity index (χ2v) is 4.60. The van der Waals surface area contributed by atoms with Crippen LogP contribution in [0.25, 0.3) is 0 Å². The number of anilines is 2. The Bertz CT molecular complexity index is 377. The van der Waals surface area contributed by atoms with E-state index in [1.165, 1.54) is 12.8 Å². The fourth-order valence-electron chi connectivity index (χ4n) is 2.13. The Balaban J connectivity index is 1.83. The van der Waals surface area contributed by atoms with Crippen molar-refractivity contribution in [2.45, 2.75) is 39.2 Å². The predicted octanol–water partition coefficient (Wildman–Crippen LogP) is 2.20. The molecule has 2 N–H and O–H groups in total. The summed E-state index contributed by atoms with van der Waals surface area (Å²) in [6.07, 6.45) is 3.85. The van der Waals surface area contributed by atoms with Gasteiger partial charge in [0.2, 0.25) is 5.95 Å². The summed E-state index contributed by atoms with van der Waals surface area (Å²) < 4.78 is 5.59. The van der Waals surface area contributed by atoms with Crippen LogP contribution < -0.4 is 10.6 Å². The van der Waals surface area contributed by atoms with Crippen molar-refractivity contribution in [2.75, 3.05) is 30.3 Å². The van der Waals surface area contributed by atoms with Crippen LogP contribution in [-0.4, -0.2) is 35.8 Å². The van der Waals surface area contributed by atoms with Crippen molar-refractivity contribution in [2.24, 2.45) is 0 Å². The first-order chi connectivity index (χ1) is 8.78. The molecule has 5 heteroatoms. The number of hydrogen-bond acceptors (Lipinski definition) is 5. The van der Waals surface area contributed by atoms with Crippen molar-refractivity contribution in [1.82, 2.24) is 9.97 Å². The third-order valence-electron chi connectivity index (χ3n) is 2.99.